The number of pyridine rings is 1. The lowest BCUT2D eigenvalue weighted by Crippen LogP contribution is -2.59. The van der Waals surface area contributed by atoms with Crippen molar-refractivity contribution in [2.24, 2.45) is 5.92 Å². The summed E-state index contributed by atoms with van der Waals surface area (Å²) >= 11 is 0. The Morgan fingerprint density at radius 3 is 2.62 bits per heavy atom. The Bertz CT molecular complexity index is 993. The summed E-state index contributed by atoms with van der Waals surface area (Å²) in [6.07, 6.45) is 7.30. The number of nitrogens with zero attached hydrogens (tertiary/aromatic N) is 5. The smallest absolute Gasteiger partial charge is 0.255 e. The molecule has 3 aliphatic rings. The Hall–Kier alpha value is -3.21. The molecule has 8 heteroatoms. The van der Waals surface area contributed by atoms with E-state index in [9.17, 15) is 9.59 Å². The lowest BCUT2D eigenvalue weighted by Gasteiger charge is -2.50. The summed E-state index contributed by atoms with van der Waals surface area (Å²) < 4.78 is 0. The number of nitrogens with one attached hydrogen (secondary N) is 1. The van der Waals surface area contributed by atoms with Crippen LogP contribution in [0.1, 0.15) is 53.1 Å². The Morgan fingerprint density at radius 2 is 1.97 bits per heavy atom. The number of piperidine rings is 1. The predicted octanol–water partition coefficient (Wildman–Crippen LogP) is 1.60. The maximum Gasteiger partial charge on any atom is 0.255 e. The first kappa shape index (κ1) is 17.9. The zero-order chi connectivity index (χ0) is 20.0. The molecular weight excluding hydrogens is 368 g/mol. The van der Waals surface area contributed by atoms with Gasteiger partial charge in [-0.1, -0.05) is 0 Å². The molecule has 0 bridgehead atoms. The molecule has 5 rings (SSSR count). The summed E-state index contributed by atoms with van der Waals surface area (Å²) in [5.74, 6) is 0.321. The van der Waals surface area contributed by atoms with Gasteiger partial charge in [-0.25, -0.2) is 9.97 Å². The highest BCUT2D eigenvalue weighted by Crippen LogP contribution is 2.45. The number of carbonyl (C=O) groups excluding carboxylic acids is 2. The third-order valence-electron chi connectivity index (χ3n) is 6.46. The van der Waals surface area contributed by atoms with Crippen molar-refractivity contribution in [3.63, 3.8) is 0 Å². The maximum absolute atomic E-state index is 13.0. The van der Waals surface area contributed by atoms with Gasteiger partial charge in [-0.2, -0.15) is 5.26 Å². The van der Waals surface area contributed by atoms with E-state index in [-0.39, 0.29) is 17.7 Å². The van der Waals surface area contributed by atoms with Gasteiger partial charge in [-0.3, -0.25) is 9.59 Å². The highest BCUT2D eigenvalue weighted by Gasteiger charge is 2.51. The monoisotopic (exact) mass is 390 g/mol. The number of hydrogen-bond acceptors (Lipinski definition) is 5. The third kappa shape index (κ3) is 2.89. The number of nitriles is 1. The predicted molar refractivity (Wildman–Crippen MR) is 102 cm³/mol. The van der Waals surface area contributed by atoms with Gasteiger partial charge in [0.15, 0.2) is 0 Å². The lowest BCUT2D eigenvalue weighted by molar-refractivity contribution is -0.143. The fourth-order valence-electron chi connectivity index (χ4n) is 4.71. The summed E-state index contributed by atoms with van der Waals surface area (Å²) in [5, 5.41) is 8.88. The van der Waals surface area contributed by atoms with Crippen LogP contribution < -0.4 is 0 Å². The summed E-state index contributed by atoms with van der Waals surface area (Å²) in [6.45, 7) is 1.82. The molecule has 0 atom stereocenters. The van der Waals surface area contributed by atoms with Crippen LogP contribution in [0.2, 0.25) is 0 Å². The molecule has 2 aliphatic heterocycles. The van der Waals surface area contributed by atoms with Crippen LogP contribution in [-0.2, 0) is 16.8 Å². The standard InChI is InChI=1S/C21H22N6O2/c22-11-16-4-3-15(12-23-16)19(28)26-9-6-21(7-10-26)18-17(24-13-25-18)5-8-27(21)20(29)14-1-2-14/h3-4,12-14H,1-2,5-10H2,(H,24,25). The second-order valence-corrected chi connectivity index (χ2v) is 8.11. The van der Waals surface area contributed by atoms with Gasteiger partial charge in [-0.05, 0) is 37.8 Å². The van der Waals surface area contributed by atoms with E-state index in [2.05, 4.69) is 19.9 Å². The van der Waals surface area contributed by atoms with Crippen molar-refractivity contribution >= 4 is 11.8 Å². The highest BCUT2D eigenvalue weighted by atomic mass is 16.2. The first-order valence-electron chi connectivity index (χ1n) is 10.1. The zero-order valence-corrected chi connectivity index (χ0v) is 16.1. The van der Waals surface area contributed by atoms with Crippen molar-refractivity contribution in [2.45, 2.75) is 37.6 Å². The normalized spacial score (nSPS) is 20.2. The van der Waals surface area contributed by atoms with E-state index in [1.807, 2.05) is 11.0 Å². The fourth-order valence-corrected chi connectivity index (χ4v) is 4.71. The van der Waals surface area contributed by atoms with Crippen molar-refractivity contribution in [1.82, 2.24) is 24.8 Å². The van der Waals surface area contributed by atoms with Crippen molar-refractivity contribution in [1.29, 1.82) is 5.26 Å². The van der Waals surface area contributed by atoms with Crippen LogP contribution in [0, 0.1) is 17.2 Å². The van der Waals surface area contributed by atoms with Gasteiger partial charge in [0.25, 0.3) is 5.91 Å². The van der Waals surface area contributed by atoms with E-state index in [4.69, 9.17) is 5.26 Å². The molecule has 1 spiro atoms. The fraction of sp³-hybridized carbons (Fsp3) is 0.476. The Balaban J connectivity index is 1.38. The lowest BCUT2D eigenvalue weighted by atomic mass is 9.78. The van der Waals surface area contributed by atoms with Gasteiger partial charge < -0.3 is 14.8 Å². The van der Waals surface area contributed by atoms with Crippen molar-refractivity contribution < 1.29 is 9.59 Å². The Morgan fingerprint density at radius 1 is 1.17 bits per heavy atom. The number of H-pyrrole nitrogens is 1. The molecule has 1 saturated carbocycles. The van der Waals surface area contributed by atoms with E-state index >= 15 is 0 Å². The summed E-state index contributed by atoms with van der Waals surface area (Å²) in [5.41, 5.74) is 2.44. The van der Waals surface area contributed by atoms with E-state index < -0.39 is 5.54 Å². The van der Waals surface area contributed by atoms with E-state index in [1.54, 1.807) is 18.5 Å². The van der Waals surface area contributed by atoms with Crippen molar-refractivity contribution in [2.75, 3.05) is 19.6 Å². The molecule has 29 heavy (non-hydrogen) atoms. The van der Waals surface area contributed by atoms with Crippen LogP contribution in [0.3, 0.4) is 0 Å². The molecule has 1 aliphatic carbocycles. The summed E-state index contributed by atoms with van der Waals surface area (Å²) in [6, 6.07) is 5.17. The molecule has 2 aromatic heterocycles. The van der Waals surface area contributed by atoms with Gasteiger partial charge >= 0.3 is 0 Å². The molecule has 0 unspecified atom stereocenters. The highest BCUT2D eigenvalue weighted by molar-refractivity contribution is 5.94. The van der Waals surface area contributed by atoms with Gasteiger partial charge in [0, 0.05) is 43.9 Å². The minimum atomic E-state index is -0.424. The molecule has 0 radical (unpaired) electrons. The summed E-state index contributed by atoms with van der Waals surface area (Å²) in [4.78, 5) is 41.6. The minimum absolute atomic E-state index is 0.0880. The molecule has 8 nitrogen and oxygen atoms in total. The molecule has 0 aromatic carbocycles. The minimum Gasteiger partial charge on any atom is -0.348 e. The molecule has 148 valence electrons. The SMILES string of the molecule is N#Cc1ccc(C(=O)N2CCC3(CC2)c2nc[nH]c2CCN3C(=O)C2CC2)cn1. The second kappa shape index (κ2) is 6.69. The molecule has 1 saturated heterocycles. The van der Waals surface area contributed by atoms with E-state index in [1.165, 1.54) is 6.20 Å². The van der Waals surface area contributed by atoms with Gasteiger partial charge in [0.2, 0.25) is 5.91 Å². The third-order valence-corrected chi connectivity index (χ3v) is 6.46. The van der Waals surface area contributed by atoms with Crippen LogP contribution in [-0.4, -0.2) is 56.2 Å². The Kier molecular flexibility index (Phi) is 4.12. The quantitative estimate of drug-likeness (QED) is 0.838. The average molecular weight is 390 g/mol. The number of fused-ring (bicyclic) bond motifs is 2. The molecule has 2 amide bonds. The van der Waals surface area contributed by atoms with Crippen LogP contribution in [0.5, 0.6) is 0 Å². The van der Waals surface area contributed by atoms with Crippen molar-refractivity contribution in [3.8, 4) is 6.07 Å². The number of likely N-dealkylation sites (tertiary alicyclic amines) is 1. The molecular formula is C21H22N6O2. The number of imidazole rings is 1. The van der Waals surface area contributed by atoms with Crippen LogP contribution >= 0.6 is 0 Å². The van der Waals surface area contributed by atoms with Gasteiger partial charge in [-0.15, -0.1) is 0 Å². The summed E-state index contributed by atoms with van der Waals surface area (Å²) in [7, 11) is 0. The van der Waals surface area contributed by atoms with E-state index in [0.29, 0.717) is 43.7 Å². The number of hydrogen-bond donors (Lipinski definition) is 1. The number of rotatable bonds is 2. The van der Waals surface area contributed by atoms with Gasteiger partial charge in [0.1, 0.15) is 11.8 Å². The Labute approximate surface area is 168 Å². The average Bonchev–Trinajstić information content (AvgIpc) is 3.50. The maximum atomic E-state index is 13.0. The van der Waals surface area contributed by atoms with Crippen LogP contribution in [0.4, 0.5) is 0 Å². The number of aromatic amines is 1. The van der Waals surface area contributed by atoms with Crippen molar-refractivity contribution in [3.05, 3.63) is 47.3 Å². The molecule has 2 fully saturated rings. The first-order chi connectivity index (χ1) is 14.1. The largest absolute Gasteiger partial charge is 0.348 e. The van der Waals surface area contributed by atoms with E-state index in [0.717, 1.165) is 30.7 Å². The molecule has 1 N–H and O–H groups in total. The van der Waals surface area contributed by atoms with Crippen LogP contribution in [0.25, 0.3) is 0 Å². The zero-order valence-electron chi connectivity index (χ0n) is 16.1. The second-order valence-electron chi connectivity index (χ2n) is 8.11. The molecule has 4 heterocycles. The number of amides is 2. The van der Waals surface area contributed by atoms with Crippen LogP contribution in [0.15, 0.2) is 24.7 Å². The molecule has 2 aromatic rings. The first-order valence-corrected chi connectivity index (χ1v) is 10.1. The number of carbonyl (C=O) groups is 2. The topological polar surface area (TPSA) is 106 Å². The number of aromatic nitrogens is 3. The van der Waals surface area contributed by atoms with Gasteiger partial charge in [0.05, 0.1) is 23.1 Å².